The van der Waals surface area contributed by atoms with Gasteiger partial charge in [-0.3, -0.25) is 4.99 Å². The van der Waals surface area contributed by atoms with E-state index in [0.29, 0.717) is 30.5 Å². The molecular weight excluding hydrogens is 341 g/mol. The highest BCUT2D eigenvalue weighted by atomic mass is 32.1. The molecular formula is C15H19F3N4OS. The molecule has 2 aromatic rings. The Morgan fingerprint density at radius 1 is 1.33 bits per heavy atom. The number of halogens is 3. The third kappa shape index (κ3) is 4.98. The number of guanidine groups is 1. The Bertz CT molecular complexity index is 706. The smallest absolute Gasteiger partial charge is 0.434 e. The first-order valence-electron chi connectivity index (χ1n) is 7.31. The van der Waals surface area contributed by atoms with Crippen LogP contribution < -0.4 is 10.6 Å². The van der Waals surface area contributed by atoms with Gasteiger partial charge in [-0.05, 0) is 19.9 Å². The minimum Gasteiger partial charge on any atom is -0.466 e. The van der Waals surface area contributed by atoms with E-state index in [1.54, 1.807) is 7.05 Å². The molecule has 2 N–H and O–H groups in total. The molecule has 0 aliphatic heterocycles. The van der Waals surface area contributed by atoms with E-state index in [1.165, 1.54) is 0 Å². The number of rotatable bonds is 5. The summed E-state index contributed by atoms with van der Waals surface area (Å²) in [5, 5.41) is 7.66. The first kappa shape index (κ1) is 18.3. The largest absolute Gasteiger partial charge is 0.466 e. The molecule has 2 rings (SSSR count). The van der Waals surface area contributed by atoms with Crippen LogP contribution in [0.5, 0.6) is 0 Å². The minimum absolute atomic E-state index is 0.394. The van der Waals surface area contributed by atoms with Crippen LogP contribution in [0, 0.1) is 13.8 Å². The van der Waals surface area contributed by atoms with Gasteiger partial charge in [-0.1, -0.05) is 0 Å². The van der Waals surface area contributed by atoms with E-state index in [1.807, 2.05) is 19.9 Å². The Kier molecular flexibility index (Phi) is 5.87. The van der Waals surface area contributed by atoms with E-state index in [9.17, 15) is 13.2 Å². The fourth-order valence-electron chi connectivity index (χ4n) is 2.10. The maximum Gasteiger partial charge on any atom is 0.434 e. The normalized spacial score (nSPS) is 12.5. The summed E-state index contributed by atoms with van der Waals surface area (Å²) in [4.78, 5) is 7.68. The summed E-state index contributed by atoms with van der Waals surface area (Å²) in [5.41, 5.74) is 0.195. The van der Waals surface area contributed by atoms with Crippen molar-refractivity contribution in [1.82, 2.24) is 15.6 Å². The summed E-state index contributed by atoms with van der Waals surface area (Å²) in [6.45, 7) is 4.76. The van der Waals surface area contributed by atoms with Crippen molar-refractivity contribution in [2.75, 3.05) is 13.6 Å². The SMILES string of the molecule is CN=C(NCCc1nc(C(F)(F)F)cs1)NCc1cc(C)oc1C. The zero-order valence-electron chi connectivity index (χ0n) is 13.6. The molecule has 0 saturated heterocycles. The highest BCUT2D eigenvalue weighted by Crippen LogP contribution is 2.29. The molecule has 0 aliphatic carbocycles. The number of aliphatic imine (C=N–C) groups is 1. The predicted octanol–water partition coefficient (Wildman–Crippen LogP) is 3.28. The summed E-state index contributed by atoms with van der Waals surface area (Å²) in [7, 11) is 1.63. The molecule has 0 aliphatic rings. The lowest BCUT2D eigenvalue weighted by Crippen LogP contribution is -2.37. The summed E-state index contributed by atoms with van der Waals surface area (Å²) in [5.74, 6) is 2.26. The molecule has 0 bridgehead atoms. The van der Waals surface area contributed by atoms with Gasteiger partial charge in [0.25, 0.3) is 0 Å². The van der Waals surface area contributed by atoms with Gasteiger partial charge < -0.3 is 15.1 Å². The number of nitrogens with zero attached hydrogens (tertiary/aromatic N) is 2. The van der Waals surface area contributed by atoms with Crippen molar-refractivity contribution in [3.05, 3.63) is 39.2 Å². The standard InChI is InChI=1S/C15H19F3N4OS/c1-9-6-11(10(2)23-9)7-21-14(19-3)20-5-4-13-22-12(8-24-13)15(16,17)18/h6,8H,4-5,7H2,1-3H3,(H2,19,20,21). The van der Waals surface area contributed by atoms with Gasteiger partial charge in [0.15, 0.2) is 11.7 Å². The van der Waals surface area contributed by atoms with Crippen LogP contribution in [0.4, 0.5) is 13.2 Å². The molecule has 0 spiro atoms. The number of furan rings is 1. The second-order valence-electron chi connectivity index (χ2n) is 5.17. The monoisotopic (exact) mass is 360 g/mol. The topological polar surface area (TPSA) is 62.5 Å². The molecule has 132 valence electrons. The zero-order chi connectivity index (χ0) is 17.7. The molecule has 0 atom stereocenters. The molecule has 0 amide bonds. The van der Waals surface area contributed by atoms with Gasteiger partial charge in [-0.25, -0.2) is 4.98 Å². The van der Waals surface area contributed by atoms with Crippen LogP contribution in [0.2, 0.25) is 0 Å². The van der Waals surface area contributed by atoms with Crippen LogP contribution in [0.15, 0.2) is 20.9 Å². The Morgan fingerprint density at radius 2 is 2.08 bits per heavy atom. The van der Waals surface area contributed by atoms with Crippen LogP contribution in [0.1, 0.15) is 27.8 Å². The summed E-state index contributed by atoms with van der Waals surface area (Å²) in [6.07, 6.45) is -3.99. The van der Waals surface area contributed by atoms with Crippen LogP contribution >= 0.6 is 11.3 Å². The third-order valence-corrected chi connectivity index (χ3v) is 4.20. The molecule has 0 fully saturated rings. The lowest BCUT2D eigenvalue weighted by molar-refractivity contribution is -0.140. The highest BCUT2D eigenvalue weighted by Gasteiger charge is 2.33. The van der Waals surface area contributed by atoms with Gasteiger partial charge >= 0.3 is 6.18 Å². The molecule has 9 heteroatoms. The van der Waals surface area contributed by atoms with E-state index < -0.39 is 11.9 Å². The quantitative estimate of drug-likeness (QED) is 0.635. The van der Waals surface area contributed by atoms with E-state index in [4.69, 9.17) is 4.42 Å². The lowest BCUT2D eigenvalue weighted by atomic mass is 10.2. The molecule has 2 aromatic heterocycles. The maximum atomic E-state index is 12.5. The Balaban J connectivity index is 1.79. The van der Waals surface area contributed by atoms with E-state index >= 15 is 0 Å². The maximum absolute atomic E-state index is 12.5. The van der Waals surface area contributed by atoms with Crippen LogP contribution in [-0.4, -0.2) is 24.5 Å². The Hall–Kier alpha value is -2.03. The molecule has 0 aromatic carbocycles. The first-order chi connectivity index (χ1) is 11.3. The number of hydrogen-bond donors (Lipinski definition) is 2. The van der Waals surface area contributed by atoms with E-state index in [2.05, 4.69) is 20.6 Å². The second kappa shape index (κ2) is 7.69. The third-order valence-electron chi connectivity index (χ3n) is 3.29. The van der Waals surface area contributed by atoms with Gasteiger partial charge in [0.1, 0.15) is 11.5 Å². The predicted molar refractivity (Wildman–Crippen MR) is 87.2 cm³/mol. The molecule has 0 radical (unpaired) electrons. The first-order valence-corrected chi connectivity index (χ1v) is 8.19. The number of thiazole rings is 1. The van der Waals surface area contributed by atoms with Crippen molar-refractivity contribution < 1.29 is 17.6 Å². The van der Waals surface area contributed by atoms with Crippen LogP contribution in [-0.2, 0) is 19.1 Å². The summed E-state index contributed by atoms with van der Waals surface area (Å²) >= 11 is 1.01. The molecule has 0 unspecified atom stereocenters. The average Bonchev–Trinajstić information content (AvgIpc) is 3.09. The molecule has 2 heterocycles. The Morgan fingerprint density at radius 3 is 2.62 bits per heavy atom. The fourth-order valence-corrected chi connectivity index (χ4v) is 2.91. The summed E-state index contributed by atoms with van der Waals surface area (Å²) in [6, 6.07) is 1.95. The zero-order valence-corrected chi connectivity index (χ0v) is 14.4. The lowest BCUT2D eigenvalue weighted by Gasteiger charge is -2.10. The van der Waals surface area contributed by atoms with Gasteiger partial charge in [-0.2, -0.15) is 13.2 Å². The molecule has 24 heavy (non-hydrogen) atoms. The minimum atomic E-state index is -4.39. The van der Waals surface area contributed by atoms with Gasteiger partial charge in [-0.15, -0.1) is 11.3 Å². The molecule has 5 nitrogen and oxygen atoms in total. The highest BCUT2D eigenvalue weighted by molar-refractivity contribution is 7.09. The second-order valence-corrected chi connectivity index (χ2v) is 6.11. The summed E-state index contributed by atoms with van der Waals surface area (Å²) < 4.78 is 42.9. The Labute approximate surface area is 142 Å². The van der Waals surface area contributed by atoms with Gasteiger partial charge in [0.05, 0.1) is 5.01 Å². The number of alkyl halides is 3. The van der Waals surface area contributed by atoms with Crippen LogP contribution in [0.25, 0.3) is 0 Å². The van der Waals surface area contributed by atoms with Crippen molar-refractivity contribution in [2.24, 2.45) is 4.99 Å². The average molecular weight is 360 g/mol. The van der Waals surface area contributed by atoms with Crippen LogP contribution in [0.3, 0.4) is 0 Å². The van der Waals surface area contributed by atoms with Gasteiger partial charge in [0, 0.05) is 37.5 Å². The van der Waals surface area contributed by atoms with E-state index in [0.717, 1.165) is 33.8 Å². The van der Waals surface area contributed by atoms with Crippen molar-refractivity contribution in [1.29, 1.82) is 0 Å². The van der Waals surface area contributed by atoms with Crippen molar-refractivity contribution in [3.8, 4) is 0 Å². The van der Waals surface area contributed by atoms with Gasteiger partial charge in [0.2, 0.25) is 0 Å². The fraction of sp³-hybridized carbons (Fsp3) is 0.467. The number of nitrogens with one attached hydrogen (secondary N) is 2. The van der Waals surface area contributed by atoms with Crippen molar-refractivity contribution in [2.45, 2.75) is 33.0 Å². The van der Waals surface area contributed by atoms with Crippen molar-refractivity contribution in [3.63, 3.8) is 0 Å². The van der Waals surface area contributed by atoms with E-state index in [-0.39, 0.29) is 0 Å². The van der Waals surface area contributed by atoms with Crippen molar-refractivity contribution >= 4 is 17.3 Å². The molecule has 0 saturated carbocycles. The number of aryl methyl sites for hydroxylation is 2. The number of aromatic nitrogens is 1. The number of hydrogen-bond acceptors (Lipinski definition) is 4.